The molecule has 32 heavy (non-hydrogen) atoms. The molecular weight excluding hydrogens is 421 g/mol. The van der Waals surface area contributed by atoms with Crippen LogP contribution in [0.3, 0.4) is 0 Å². The molecule has 0 bridgehead atoms. The van der Waals surface area contributed by atoms with E-state index in [-0.39, 0.29) is 23.6 Å². The fourth-order valence-electron chi connectivity index (χ4n) is 4.00. The van der Waals surface area contributed by atoms with Gasteiger partial charge in [0.2, 0.25) is 0 Å². The third kappa shape index (κ3) is 4.31. The number of alkyl halides is 2. The van der Waals surface area contributed by atoms with Gasteiger partial charge in [0.05, 0.1) is 11.1 Å². The normalized spacial score (nSPS) is 20.1. The number of nitrogens with zero attached hydrogens (tertiary/aromatic N) is 2. The number of nitrogens with two attached hydrogens (primary N) is 1. The number of fused-ring (bicyclic) bond motifs is 1. The van der Waals surface area contributed by atoms with Gasteiger partial charge in [-0.05, 0) is 50.2 Å². The number of halogens is 3. The SMILES string of the molecule is CN[C@H]1CCCC(F)(F)C1Nc1nc(Nc2ccc3ncccc3c2)c(C(N)=O)cc1F. The first-order valence-electron chi connectivity index (χ1n) is 10.2. The molecular formula is C22H23F3N6O. The summed E-state index contributed by atoms with van der Waals surface area (Å²) in [6.45, 7) is 0. The van der Waals surface area contributed by atoms with Gasteiger partial charge < -0.3 is 21.7 Å². The maximum Gasteiger partial charge on any atom is 0.269 e. The Labute approximate surface area is 182 Å². The molecule has 2 heterocycles. The number of hydrogen-bond acceptors (Lipinski definition) is 6. The van der Waals surface area contributed by atoms with Crippen molar-refractivity contribution < 1.29 is 18.0 Å². The minimum Gasteiger partial charge on any atom is -0.365 e. The quantitative estimate of drug-likeness (QED) is 0.461. The van der Waals surface area contributed by atoms with E-state index in [9.17, 15) is 18.0 Å². The number of nitrogens with one attached hydrogen (secondary N) is 3. The number of aromatic nitrogens is 2. The van der Waals surface area contributed by atoms with Gasteiger partial charge >= 0.3 is 0 Å². The average molecular weight is 444 g/mol. The molecule has 1 saturated carbocycles. The third-order valence-electron chi connectivity index (χ3n) is 5.65. The van der Waals surface area contributed by atoms with Crippen LogP contribution in [0.2, 0.25) is 0 Å². The Hall–Kier alpha value is -3.40. The van der Waals surface area contributed by atoms with Crippen LogP contribution in [0.15, 0.2) is 42.6 Å². The maximum atomic E-state index is 14.7. The summed E-state index contributed by atoms with van der Waals surface area (Å²) in [6, 6.07) is 7.87. The summed E-state index contributed by atoms with van der Waals surface area (Å²) < 4.78 is 43.9. The van der Waals surface area contributed by atoms with Crippen LogP contribution >= 0.6 is 0 Å². The Morgan fingerprint density at radius 2 is 2.03 bits per heavy atom. The van der Waals surface area contributed by atoms with Crippen molar-refractivity contribution in [2.45, 2.75) is 37.3 Å². The molecule has 1 aromatic carbocycles. The van der Waals surface area contributed by atoms with Crippen LogP contribution in [0.1, 0.15) is 29.6 Å². The summed E-state index contributed by atoms with van der Waals surface area (Å²) in [7, 11) is 1.59. The Kier molecular flexibility index (Phi) is 5.88. The van der Waals surface area contributed by atoms with E-state index in [4.69, 9.17) is 5.73 Å². The minimum absolute atomic E-state index is 0.0372. The van der Waals surface area contributed by atoms with Crippen molar-refractivity contribution in [3.8, 4) is 0 Å². The summed E-state index contributed by atoms with van der Waals surface area (Å²) in [6.07, 6.45) is 2.23. The van der Waals surface area contributed by atoms with Crippen LogP contribution in [0, 0.1) is 5.82 Å². The van der Waals surface area contributed by atoms with E-state index in [1.807, 2.05) is 6.07 Å². The largest absolute Gasteiger partial charge is 0.365 e. The number of carbonyl (C=O) groups excluding carboxylic acids is 1. The topological polar surface area (TPSA) is 105 Å². The highest BCUT2D eigenvalue weighted by Gasteiger charge is 2.47. The lowest BCUT2D eigenvalue weighted by atomic mass is 9.87. The van der Waals surface area contributed by atoms with Gasteiger partial charge in [-0.25, -0.2) is 18.2 Å². The number of benzene rings is 1. The Balaban J connectivity index is 1.70. The third-order valence-corrected chi connectivity index (χ3v) is 5.65. The molecule has 0 radical (unpaired) electrons. The first-order chi connectivity index (χ1) is 15.3. The highest BCUT2D eigenvalue weighted by molar-refractivity contribution is 5.99. The first-order valence-corrected chi connectivity index (χ1v) is 10.2. The molecule has 4 rings (SSSR count). The Bertz CT molecular complexity index is 1160. The zero-order valence-electron chi connectivity index (χ0n) is 17.3. The molecule has 2 atom stereocenters. The molecule has 1 aliphatic carbocycles. The maximum absolute atomic E-state index is 14.7. The molecule has 0 spiro atoms. The molecule has 7 nitrogen and oxygen atoms in total. The van der Waals surface area contributed by atoms with Crippen molar-refractivity contribution in [1.82, 2.24) is 15.3 Å². The van der Waals surface area contributed by atoms with E-state index < -0.39 is 29.7 Å². The van der Waals surface area contributed by atoms with Crippen molar-refractivity contribution in [1.29, 1.82) is 0 Å². The molecule has 0 saturated heterocycles. The van der Waals surface area contributed by atoms with Crippen LogP contribution in [0.25, 0.3) is 10.9 Å². The molecule has 1 aliphatic rings. The van der Waals surface area contributed by atoms with Crippen LogP contribution in [-0.2, 0) is 0 Å². The molecule has 0 aliphatic heterocycles. The zero-order chi connectivity index (χ0) is 22.9. The molecule has 2 aromatic heterocycles. The summed E-state index contributed by atoms with van der Waals surface area (Å²) in [5, 5.41) is 9.20. The van der Waals surface area contributed by atoms with Crippen molar-refractivity contribution in [2.75, 3.05) is 17.7 Å². The number of rotatable bonds is 6. The lowest BCUT2D eigenvalue weighted by Crippen LogP contribution is -2.56. The number of anilines is 3. The summed E-state index contributed by atoms with van der Waals surface area (Å²) >= 11 is 0. The first kappa shape index (κ1) is 21.8. The number of pyridine rings is 2. The van der Waals surface area contributed by atoms with E-state index >= 15 is 0 Å². The summed E-state index contributed by atoms with van der Waals surface area (Å²) in [5.74, 6) is -5.31. The van der Waals surface area contributed by atoms with Crippen LogP contribution in [-0.4, -0.2) is 40.9 Å². The van der Waals surface area contributed by atoms with Gasteiger partial charge in [-0.1, -0.05) is 6.07 Å². The second-order valence-corrected chi connectivity index (χ2v) is 7.79. The molecule has 1 amide bonds. The van der Waals surface area contributed by atoms with Gasteiger partial charge in [0, 0.05) is 29.7 Å². The Morgan fingerprint density at radius 1 is 1.22 bits per heavy atom. The minimum atomic E-state index is -3.05. The number of primary amides is 1. The van der Waals surface area contributed by atoms with Crippen LogP contribution in [0.4, 0.5) is 30.5 Å². The van der Waals surface area contributed by atoms with E-state index in [0.717, 1.165) is 17.0 Å². The summed E-state index contributed by atoms with van der Waals surface area (Å²) in [4.78, 5) is 20.3. The van der Waals surface area contributed by atoms with E-state index in [1.54, 1.807) is 37.5 Å². The van der Waals surface area contributed by atoms with Crippen molar-refractivity contribution in [2.24, 2.45) is 5.73 Å². The van der Waals surface area contributed by atoms with Gasteiger partial charge in [-0.2, -0.15) is 0 Å². The van der Waals surface area contributed by atoms with Gasteiger partial charge in [-0.3, -0.25) is 9.78 Å². The fourth-order valence-corrected chi connectivity index (χ4v) is 4.00. The number of amides is 1. The van der Waals surface area contributed by atoms with E-state index in [2.05, 4.69) is 25.9 Å². The highest BCUT2D eigenvalue weighted by atomic mass is 19.3. The highest BCUT2D eigenvalue weighted by Crippen LogP contribution is 2.36. The van der Waals surface area contributed by atoms with Gasteiger partial charge in [0.25, 0.3) is 11.8 Å². The number of carbonyl (C=O) groups is 1. The van der Waals surface area contributed by atoms with Gasteiger partial charge in [-0.15, -0.1) is 0 Å². The monoisotopic (exact) mass is 444 g/mol. The average Bonchev–Trinajstić information content (AvgIpc) is 2.76. The number of hydrogen-bond donors (Lipinski definition) is 4. The predicted octanol–water partition coefficient (Wildman–Crippen LogP) is 3.80. The lowest BCUT2D eigenvalue weighted by Gasteiger charge is -2.38. The van der Waals surface area contributed by atoms with E-state index in [0.29, 0.717) is 18.5 Å². The molecule has 5 N–H and O–H groups in total. The Morgan fingerprint density at radius 3 is 2.78 bits per heavy atom. The smallest absolute Gasteiger partial charge is 0.269 e. The summed E-state index contributed by atoms with van der Waals surface area (Å²) in [5.41, 5.74) is 6.52. The van der Waals surface area contributed by atoms with Crippen LogP contribution < -0.4 is 21.7 Å². The molecule has 3 aromatic rings. The zero-order valence-corrected chi connectivity index (χ0v) is 17.3. The molecule has 10 heteroatoms. The lowest BCUT2D eigenvalue weighted by molar-refractivity contribution is -0.0550. The molecule has 168 valence electrons. The van der Waals surface area contributed by atoms with Gasteiger partial charge in [0.1, 0.15) is 11.9 Å². The second-order valence-electron chi connectivity index (χ2n) is 7.79. The number of likely N-dealkylation sites (N-methyl/N-ethyl adjacent to an activating group) is 1. The molecule has 1 fully saturated rings. The second kappa shape index (κ2) is 8.62. The van der Waals surface area contributed by atoms with Crippen LogP contribution in [0.5, 0.6) is 0 Å². The van der Waals surface area contributed by atoms with Crippen molar-refractivity contribution in [3.05, 3.63) is 54.0 Å². The molecule has 1 unspecified atom stereocenters. The van der Waals surface area contributed by atoms with E-state index in [1.165, 1.54) is 0 Å². The van der Waals surface area contributed by atoms with Crippen molar-refractivity contribution >= 4 is 34.1 Å². The standard InChI is InChI=1S/C22H23F3N6O/c1-27-17-5-2-8-22(24,25)18(17)30-21-15(23)11-14(19(26)32)20(31-21)29-13-6-7-16-12(10-13)4-3-9-28-16/h3-4,6-7,9-11,17-18,27H,2,5,8H2,1H3,(H2,26,32)(H2,29,30,31)/t17-,18?/m0/s1. The predicted molar refractivity (Wildman–Crippen MR) is 117 cm³/mol. The fraction of sp³-hybridized carbons (Fsp3) is 0.318. The van der Waals surface area contributed by atoms with Gasteiger partial charge in [0.15, 0.2) is 11.6 Å². The van der Waals surface area contributed by atoms with Crippen molar-refractivity contribution in [3.63, 3.8) is 0 Å².